The lowest BCUT2D eigenvalue weighted by molar-refractivity contribution is -0.130. The predicted molar refractivity (Wildman–Crippen MR) is 101 cm³/mol. The Labute approximate surface area is 153 Å². The minimum absolute atomic E-state index is 0.0281. The molecule has 0 spiro atoms. The lowest BCUT2D eigenvalue weighted by atomic mass is 10.1. The van der Waals surface area contributed by atoms with E-state index in [9.17, 15) is 9.59 Å². The van der Waals surface area contributed by atoms with Crippen LogP contribution in [0.2, 0.25) is 0 Å². The van der Waals surface area contributed by atoms with Crippen molar-refractivity contribution in [2.45, 2.75) is 13.5 Å². The van der Waals surface area contributed by atoms with Gasteiger partial charge in [0.1, 0.15) is 12.3 Å². The van der Waals surface area contributed by atoms with Gasteiger partial charge in [0.05, 0.1) is 6.61 Å². The third kappa shape index (κ3) is 3.33. The molecule has 2 amide bonds. The van der Waals surface area contributed by atoms with E-state index in [0.717, 1.165) is 16.9 Å². The van der Waals surface area contributed by atoms with Crippen LogP contribution in [0, 0.1) is 0 Å². The second-order valence-electron chi connectivity index (χ2n) is 6.17. The number of likely N-dealkylation sites (N-methyl/N-ethyl adjacent to an activating group) is 1. The highest BCUT2D eigenvalue weighted by atomic mass is 16.5. The minimum Gasteiger partial charge on any atom is -0.494 e. The maximum Gasteiger partial charge on any atom is 0.259 e. The number of carbonyl (C=O) groups excluding carboxylic acids is 2. The van der Waals surface area contributed by atoms with Crippen molar-refractivity contribution in [2.75, 3.05) is 20.2 Å². The Morgan fingerprint density at radius 1 is 1.12 bits per heavy atom. The first kappa shape index (κ1) is 17.7. The Bertz CT molecular complexity index is 825. The summed E-state index contributed by atoms with van der Waals surface area (Å²) >= 11 is 0. The average molecular weight is 350 g/mol. The van der Waals surface area contributed by atoms with Gasteiger partial charge in [0.25, 0.3) is 5.91 Å². The van der Waals surface area contributed by atoms with Crippen LogP contribution in [0.4, 0.5) is 0 Å². The fraction of sp³-hybridized carbons (Fsp3) is 0.238. The zero-order valence-corrected chi connectivity index (χ0v) is 15.1. The molecule has 26 heavy (non-hydrogen) atoms. The summed E-state index contributed by atoms with van der Waals surface area (Å²) in [6.07, 6.45) is 0. The lowest BCUT2D eigenvalue weighted by Crippen LogP contribution is -2.37. The molecule has 0 fully saturated rings. The highest BCUT2D eigenvalue weighted by Gasteiger charge is 2.32. The number of rotatable bonds is 6. The summed E-state index contributed by atoms with van der Waals surface area (Å²) in [6.45, 7) is 6.85. The van der Waals surface area contributed by atoms with Crippen LogP contribution < -0.4 is 4.74 Å². The van der Waals surface area contributed by atoms with Gasteiger partial charge in [-0.25, -0.2) is 0 Å². The van der Waals surface area contributed by atoms with E-state index >= 15 is 0 Å². The largest absolute Gasteiger partial charge is 0.494 e. The molecule has 1 aliphatic rings. The second kappa shape index (κ2) is 7.44. The average Bonchev–Trinajstić information content (AvgIpc) is 2.89. The summed E-state index contributed by atoms with van der Waals surface area (Å²) in [4.78, 5) is 28.2. The molecule has 1 aliphatic heterocycles. The number of fused-ring (bicyclic) bond motifs is 1. The topological polar surface area (TPSA) is 49.9 Å². The summed E-state index contributed by atoms with van der Waals surface area (Å²) < 4.78 is 5.61. The van der Waals surface area contributed by atoms with Gasteiger partial charge < -0.3 is 9.64 Å². The SMILES string of the molecule is C=C1c2ccccc2C(=O)N1CC(=O)N(C)Cc1ccccc1OCC. The molecule has 0 saturated carbocycles. The van der Waals surface area contributed by atoms with Crippen molar-refractivity contribution in [2.24, 2.45) is 0 Å². The van der Waals surface area contributed by atoms with Crippen LogP contribution in [0.3, 0.4) is 0 Å². The number of benzene rings is 2. The van der Waals surface area contributed by atoms with Crippen LogP contribution in [0.5, 0.6) is 5.75 Å². The van der Waals surface area contributed by atoms with Gasteiger partial charge in [0, 0.05) is 36.0 Å². The summed E-state index contributed by atoms with van der Waals surface area (Å²) in [5.74, 6) is 0.435. The molecule has 3 rings (SSSR count). The number of para-hydroxylation sites is 1. The highest BCUT2D eigenvalue weighted by Crippen LogP contribution is 2.31. The number of amides is 2. The van der Waals surface area contributed by atoms with Crippen LogP contribution in [-0.2, 0) is 11.3 Å². The predicted octanol–water partition coefficient (Wildman–Crippen LogP) is 3.17. The van der Waals surface area contributed by atoms with E-state index < -0.39 is 0 Å². The van der Waals surface area contributed by atoms with Gasteiger partial charge in [-0.3, -0.25) is 14.5 Å². The van der Waals surface area contributed by atoms with Gasteiger partial charge in [0.15, 0.2) is 0 Å². The van der Waals surface area contributed by atoms with Crippen molar-refractivity contribution < 1.29 is 14.3 Å². The summed E-state index contributed by atoms with van der Waals surface area (Å²) in [7, 11) is 1.72. The molecule has 2 aromatic rings. The molecule has 0 saturated heterocycles. The molecule has 0 aromatic heterocycles. The maximum absolute atomic E-state index is 12.7. The summed E-state index contributed by atoms with van der Waals surface area (Å²) in [5.41, 5.74) is 2.88. The summed E-state index contributed by atoms with van der Waals surface area (Å²) in [5, 5.41) is 0. The molecular weight excluding hydrogens is 328 g/mol. The molecule has 1 heterocycles. The molecule has 0 radical (unpaired) electrons. The van der Waals surface area contributed by atoms with Gasteiger partial charge in [-0.1, -0.05) is 43.0 Å². The third-order valence-electron chi connectivity index (χ3n) is 4.44. The van der Waals surface area contributed by atoms with E-state index in [4.69, 9.17) is 4.74 Å². The second-order valence-corrected chi connectivity index (χ2v) is 6.17. The van der Waals surface area contributed by atoms with Crippen LogP contribution in [-0.4, -0.2) is 41.8 Å². The Balaban J connectivity index is 1.69. The summed E-state index contributed by atoms with van der Waals surface area (Å²) in [6, 6.07) is 14.9. The Hall–Kier alpha value is -3.08. The molecule has 0 atom stereocenters. The molecule has 134 valence electrons. The van der Waals surface area contributed by atoms with E-state index in [1.54, 1.807) is 18.0 Å². The van der Waals surface area contributed by atoms with E-state index in [1.807, 2.05) is 49.4 Å². The lowest BCUT2D eigenvalue weighted by Gasteiger charge is -2.23. The molecule has 0 unspecified atom stereocenters. The van der Waals surface area contributed by atoms with Crippen molar-refractivity contribution in [1.82, 2.24) is 9.80 Å². The quantitative estimate of drug-likeness (QED) is 0.804. The maximum atomic E-state index is 12.7. The van der Waals surface area contributed by atoms with Crippen LogP contribution >= 0.6 is 0 Å². The van der Waals surface area contributed by atoms with E-state index in [0.29, 0.717) is 24.4 Å². The number of hydrogen-bond donors (Lipinski definition) is 0. The Morgan fingerprint density at radius 3 is 2.46 bits per heavy atom. The molecule has 0 N–H and O–H groups in total. The van der Waals surface area contributed by atoms with Gasteiger partial charge >= 0.3 is 0 Å². The van der Waals surface area contributed by atoms with Crippen molar-refractivity contribution in [1.29, 1.82) is 0 Å². The third-order valence-corrected chi connectivity index (χ3v) is 4.44. The van der Waals surface area contributed by atoms with Gasteiger partial charge in [-0.05, 0) is 19.1 Å². The van der Waals surface area contributed by atoms with Crippen molar-refractivity contribution >= 4 is 17.5 Å². The van der Waals surface area contributed by atoms with Gasteiger partial charge in [0.2, 0.25) is 5.91 Å². The molecule has 0 aliphatic carbocycles. The first-order valence-corrected chi connectivity index (χ1v) is 8.57. The molecule has 0 bridgehead atoms. The Kier molecular flexibility index (Phi) is 5.07. The monoisotopic (exact) mass is 350 g/mol. The van der Waals surface area contributed by atoms with Crippen LogP contribution in [0.15, 0.2) is 55.1 Å². The van der Waals surface area contributed by atoms with E-state index in [2.05, 4.69) is 6.58 Å². The zero-order chi connectivity index (χ0) is 18.7. The number of hydrogen-bond acceptors (Lipinski definition) is 3. The Morgan fingerprint density at radius 2 is 1.77 bits per heavy atom. The number of carbonyl (C=O) groups is 2. The fourth-order valence-electron chi connectivity index (χ4n) is 3.03. The van der Waals surface area contributed by atoms with E-state index in [1.165, 1.54) is 4.90 Å². The molecule has 5 heteroatoms. The van der Waals surface area contributed by atoms with Crippen molar-refractivity contribution in [3.8, 4) is 5.75 Å². The molecule has 5 nitrogen and oxygen atoms in total. The van der Waals surface area contributed by atoms with Gasteiger partial charge in [-0.2, -0.15) is 0 Å². The van der Waals surface area contributed by atoms with Crippen LogP contribution in [0.1, 0.15) is 28.4 Å². The van der Waals surface area contributed by atoms with Crippen molar-refractivity contribution in [3.05, 3.63) is 71.8 Å². The minimum atomic E-state index is -0.179. The first-order valence-electron chi connectivity index (χ1n) is 8.57. The number of nitrogens with zero attached hydrogens (tertiary/aromatic N) is 2. The van der Waals surface area contributed by atoms with Crippen LogP contribution in [0.25, 0.3) is 5.70 Å². The van der Waals surface area contributed by atoms with Gasteiger partial charge in [-0.15, -0.1) is 0 Å². The first-order chi connectivity index (χ1) is 12.5. The normalized spacial score (nSPS) is 12.9. The molecule has 2 aromatic carbocycles. The standard InChI is InChI=1S/C21H22N2O3/c1-4-26-19-12-8-5-9-16(19)13-22(3)20(24)14-23-15(2)17-10-6-7-11-18(17)21(23)25/h5-12H,2,4,13-14H2,1,3H3. The zero-order valence-electron chi connectivity index (χ0n) is 15.1. The fourth-order valence-corrected chi connectivity index (χ4v) is 3.03. The van der Waals surface area contributed by atoms with Crippen molar-refractivity contribution in [3.63, 3.8) is 0 Å². The van der Waals surface area contributed by atoms with E-state index in [-0.39, 0.29) is 18.4 Å². The number of ether oxygens (including phenoxy) is 1. The molecular formula is C21H22N2O3. The smallest absolute Gasteiger partial charge is 0.259 e. The highest BCUT2D eigenvalue weighted by molar-refractivity contribution is 6.10.